The third-order valence-corrected chi connectivity index (χ3v) is 12.6. The molecular formula is C53H52O10S. The zero-order valence-corrected chi connectivity index (χ0v) is 36.3. The second kappa shape index (κ2) is 21.7. The monoisotopic (exact) mass is 880 g/mol. The van der Waals surface area contributed by atoms with Crippen LogP contribution >= 0.6 is 11.8 Å². The van der Waals surface area contributed by atoms with Crippen molar-refractivity contribution in [2.75, 3.05) is 6.61 Å². The van der Waals surface area contributed by atoms with Gasteiger partial charge in [-0.2, -0.15) is 0 Å². The van der Waals surface area contributed by atoms with Crippen LogP contribution in [0.4, 0.5) is 0 Å². The molecule has 3 heterocycles. The molecule has 0 aliphatic carbocycles. The summed E-state index contributed by atoms with van der Waals surface area (Å²) in [4.78, 5) is 15.1. The molecule has 0 aromatic heterocycles. The van der Waals surface area contributed by atoms with Gasteiger partial charge in [-0.15, -0.1) is 0 Å². The summed E-state index contributed by atoms with van der Waals surface area (Å²) >= 11 is 1.47. The standard InChI is InChI=1S/C53H52O10S/c1-36-44(55-32-37-20-8-2-9-21-37)46(56-33-38-22-10-3-11-23-38)48(57-34-39-24-12-4-13-25-39)52(59-36)63-49-47(61-50(54)40-26-14-5-15-27-40)45-43(60-53(49)64-42-30-18-7-19-31-42)35-58-51(62-45)41-28-16-6-17-29-41/h2-31,36,43-49,51-53H,32-35H2,1H3/t36?,43?,44-,45+,46?,47?,48?,49?,51?,52+,53+/m1/s1. The highest BCUT2D eigenvalue weighted by Crippen LogP contribution is 2.43. The van der Waals surface area contributed by atoms with Crippen molar-refractivity contribution in [1.82, 2.24) is 0 Å². The van der Waals surface area contributed by atoms with Crippen molar-refractivity contribution in [2.24, 2.45) is 0 Å². The lowest BCUT2D eigenvalue weighted by atomic mass is 9.96. The SMILES string of the molecule is CC1O[C@@H](OC2C(OC(=O)c3ccccc3)[C@H]3OC(c4ccccc4)OCC3O[C@H]2Sc2ccccc2)C(OCc2ccccc2)C(OCc2ccccc2)[C@@H]1OCc1ccccc1. The van der Waals surface area contributed by atoms with E-state index in [2.05, 4.69) is 0 Å². The summed E-state index contributed by atoms with van der Waals surface area (Å²) in [7, 11) is 0. The normalized spacial score (nSPS) is 27.9. The summed E-state index contributed by atoms with van der Waals surface area (Å²) in [5, 5.41) is 0. The van der Waals surface area contributed by atoms with Gasteiger partial charge in [-0.3, -0.25) is 0 Å². The number of fused-ring (bicyclic) bond motifs is 1. The van der Waals surface area contributed by atoms with Gasteiger partial charge in [0.25, 0.3) is 0 Å². The molecular weight excluding hydrogens is 829 g/mol. The van der Waals surface area contributed by atoms with E-state index in [1.807, 2.05) is 165 Å². The molecule has 7 unspecified atom stereocenters. The number of hydrogen-bond donors (Lipinski definition) is 0. The molecule has 0 bridgehead atoms. The lowest BCUT2D eigenvalue weighted by Gasteiger charge is -2.51. The lowest BCUT2D eigenvalue weighted by molar-refractivity contribution is -0.363. The van der Waals surface area contributed by atoms with Crippen molar-refractivity contribution >= 4 is 17.7 Å². The maximum Gasteiger partial charge on any atom is 0.338 e. The largest absolute Gasteiger partial charge is 0.453 e. The zero-order chi connectivity index (χ0) is 43.5. The first-order valence-corrected chi connectivity index (χ1v) is 22.7. The van der Waals surface area contributed by atoms with E-state index in [0.29, 0.717) is 12.2 Å². The van der Waals surface area contributed by atoms with Crippen LogP contribution < -0.4 is 0 Å². The van der Waals surface area contributed by atoms with Gasteiger partial charge in [0.2, 0.25) is 0 Å². The molecule has 0 saturated carbocycles. The third-order valence-electron chi connectivity index (χ3n) is 11.5. The fraction of sp³-hybridized carbons (Fsp3) is 0.302. The Morgan fingerprint density at radius 2 is 1.05 bits per heavy atom. The van der Waals surface area contributed by atoms with E-state index in [0.717, 1.165) is 27.1 Å². The first-order chi connectivity index (χ1) is 31.6. The van der Waals surface area contributed by atoms with Gasteiger partial charge in [-0.05, 0) is 47.9 Å². The van der Waals surface area contributed by atoms with Crippen molar-refractivity contribution in [3.63, 3.8) is 0 Å². The van der Waals surface area contributed by atoms with Crippen LogP contribution in [0.5, 0.6) is 0 Å². The molecule has 0 amide bonds. The molecule has 330 valence electrons. The van der Waals surface area contributed by atoms with Crippen molar-refractivity contribution < 1.29 is 47.4 Å². The molecule has 0 radical (unpaired) electrons. The summed E-state index contributed by atoms with van der Waals surface area (Å²) < 4.78 is 61.3. The lowest BCUT2D eigenvalue weighted by Crippen LogP contribution is -2.66. The Morgan fingerprint density at radius 1 is 0.547 bits per heavy atom. The predicted molar refractivity (Wildman–Crippen MR) is 241 cm³/mol. The van der Waals surface area contributed by atoms with Crippen LogP contribution in [0.15, 0.2) is 187 Å². The Balaban J connectivity index is 1.09. The van der Waals surface area contributed by atoms with Gasteiger partial charge in [-0.1, -0.05) is 169 Å². The van der Waals surface area contributed by atoms with Crippen molar-refractivity contribution in [3.8, 4) is 0 Å². The molecule has 0 spiro atoms. The molecule has 3 fully saturated rings. The number of hydrogen-bond acceptors (Lipinski definition) is 11. The average molecular weight is 881 g/mol. The minimum absolute atomic E-state index is 0.192. The van der Waals surface area contributed by atoms with Crippen LogP contribution in [-0.2, 0) is 62.5 Å². The van der Waals surface area contributed by atoms with Crippen LogP contribution in [0.25, 0.3) is 0 Å². The molecule has 3 aliphatic heterocycles. The number of rotatable bonds is 16. The fourth-order valence-corrected chi connectivity index (χ4v) is 9.37. The van der Waals surface area contributed by atoms with Gasteiger partial charge in [-0.25, -0.2) is 4.79 Å². The molecule has 64 heavy (non-hydrogen) atoms. The second-order valence-corrected chi connectivity index (χ2v) is 17.2. The summed E-state index contributed by atoms with van der Waals surface area (Å²) in [6, 6.07) is 58.5. The van der Waals surface area contributed by atoms with E-state index >= 15 is 0 Å². The fourth-order valence-electron chi connectivity index (χ4n) is 8.23. The number of ether oxygens (including phenoxy) is 9. The van der Waals surface area contributed by atoms with Crippen LogP contribution in [0.1, 0.15) is 45.8 Å². The highest BCUT2D eigenvalue weighted by atomic mass is 32.2. The van der Waals surface area contributed by atoms with Gasteiger partial charge in [0.15, 0.2) is 18.7 Å². The van der Waals surface area contributed by atoms with E-state index in [1.165, 1.54) is 11.8 Å². The van der Waals surface area contributed by atoms with Crippen LogP contribution in [0.2, 0.25) is 0 Å². The summed E-state index contributed by atoms with van der Waals surface area (Å²) in [6.45, 7) is 3.00. The maximum atomic E-state index is 14.2. The van der Waals surface area contributed by atoms with Crippen LogP contribution in [0, 0.1) is 0 Å². The predicted octanol–water partition coefficient (Wildman–Crippen LogP) is 9.73. The minimum Gasteiger partial charge on any atom is -0.453 e. The summed E-state index contributed by atoms with van der Waals surface area (Å²) in [6.07, 6.45) is -7.75. The van der Waals surface area contributed by atoms with E-state index in [9.17, 15) is 4.79 Å². The summed E-state index contributed by atoms with van der Waals surface area (Å²) in [5.74, 6) is -0.525. The first kappa shape index (κ1) is 44.0. The van der Waals surface area contributed by atoms with Gasteiger partial charge in [0.05, 0.1) is 38.1 Å². The van der Waals surface area contributed by atoms with Crippen molar-refractivity contribution in [2.45, 2.75) is 98.5 Å². The quantitative estimate of drug-likeness (QED) is 0.0870. The van der Waals surface area contributed by atoms with E-state index in [-0.39, 0.29) is 19.8 Å². The molecule has 6 aromatic carbocycles. The number of esters is 1. The Labute approximate surface area is 378 Å². The molecule has 3 aliphatic rings. The van der Waals surface area contributed by atoms with Crippen molar-refractivity contribution in [3.05, 3.63) is 210 Å². The molecule has 11 atom stereocenters. The number of carbonyl (C=O) groups excluding carboxylic acids is 1. The van der Waals surface area contributed by atoms with Gasteiger partial charge < -0.3 is 42.6 Å². The Bertz CT molecular complexity index is 2310. The van der Waals surface area contributed by atoms with Crippen LogP contribution in [-0.4, -0.2) is 73.1 Å². The highest BCUT2D eigenvalue weighted by Gasteiger charge is 2.56. The Hall–Kier alpha value is -5.18. The molecule has 0 N–H and O–H groups in total. The third kappa shape index (κ3) is 11.0. The Morgan fingerprint density at radius 3 is 1.62 bits per heavy atom. The van der Waals surface area contributed by atoms with E-state index < -0.39 is 72.8 Å². The summed E-state index contributed by atoms with van der Waals surface area (Å²) in [5.41, 5.74) is 3.46. The van der Waals surface area contributed by atoms with Gasteiger partial charge in [0, 0.05) is 10.5 Å². The minimum atomic E-state index is -1.05. The second-order valence-electron chi connectivity index (χ2n) is 16.0. The molecule has 9 rings (SSSR count). The van der Waals surface area contributed by atoms with Gasteiger partial charge >= 0.3 is 5.97 Å². The smallest absolute Gasteiger partial charge is 0.338 e. The molecule has 11 heteroatoms. The first-order valence-electron chi connectivity index (χ1n) is 21.8. The zero-order valence-electron chi connectivity index (χ0n) is 35.5. The topological polar surface area (TPSA) is 100 Å². The Kier molecular flexibility index (Phi) is 14.9. The average Bonchev–Trinajstić information content (AvgIpc) is 3.35. The molecule has 6 aromatic rings. The van der Waals surface area contributed by atoms with Gasteiger partial charge in [0.1, 0.15) is 42.1 Å². The highest BCUT2D eigenvalue weighted by molar-refractivity contribution is 7.99. The van der Waals surface area contributed by atoms with Crippen LogP contribution in [0.3, 0.4) is 0 Å². The maximum absolute atomic E-state index is 14.2. The van der Waals surface area contributed by atoms with E-state index in [4.69, 9.17) is 42.6 Å². The number of benzene rings is 6. The number of carbonyl (C=O) groups is 1. The van der Waals surface area contributed by atoms with E-state index in [1.54, 1.807) is 24.3 Å². The van der Waals surface area contributed by atoms with Crippen molar-refractivity contribution in [1.29, 1.82) is 0 Å². The number of thioether (sulfide) groups is 1. The molecule has 10 nitrogen and oxygen atoms in total. The molecule has 3 saturated heterocycles.